The molecule has 5 heteroatoms. The van der Waals surface area contributed by atoms with E-state index in [2.05, 4.69) is 11.9 Å². The van der Waals surface area contributed by atoms with E-state index in [-0.39, 0.29) is 5.92 Å². The molecule has 1 amide bonds. The van der Waals surface area contributed by atoms with Crippen LogP contribution in [0.25, 0.3) is 0 Å². The number of amides is 1. The quantitative estimate of drug-likeness (QED) is 0.439. The monoisotopic (exact) mass is 325 g/mol. The molecule has 1 aliphatic carbocycles. The van der Waals surface area contributed by atoms with E-state index in [9.17, 15) is 14.7 Å². The van der Waals surface area contributed by atoms with Crippen LogP contribution in [0.1, 0.15) is 70.6 Å². The van der Waals surface area contributed by atoms with E-state index in [0.717, 1.165) is 64.2 Å². The van der Waals surface area contributed by atoms with Gasteiger partial charge in [0.25, 0.3) is 0 Å². The van der Waals surface area contributed by atoms with Crippen molar-refractivity contribution in [1.29, 1.82) is 0 Å². The molecule has 1 unspecified atom stereocenters. The highest BCUT2D eigenvalue weighted by Crippen LogP contribution is 2.26. The zero-order valence-electron chi connectivity index (χ0n) is 14.1. The first-order valence-corrected chi connectivity index (χ1v) is 8.92. The molecule has 1 aliphatic rings. The number of rotatable bonds is 11. The minimum Gasteiger partial charge on any atom is -0.480 e. The fraction of sp³-hybridized carbons (Fsp3) is 0.778. The van der Waals surface area contributed by atoms with Crippen LogP contribution in [0.3, 0.4) is 0 Å². The molecule has 132 valence electrons. The summed E-state index contributed by atoms with van der Waals surface area (Å²) in [6.07, 6.45) is 12.6. The van der Waals surface area contributed by atoms with Crippen molar-refractivity contribution in [3.8, 4) is 0 Å². The Kier molecular flexibility index (Phi) is 10.2. The van der Waals surface area contributed by atoms with Gasteiger partial charge in [0, 0.05) is 0 Å². The molecule has 1 saturated carbocycles. The molecule has 5 nitrogen and oxygen atoms in total. The van der Waals surface area contributed by atoms with E-state index < -0.39 is 18.1 Å². The number of aliphatic carboxylic acids is 1. The highest BCUT2D eigenvalue weighted by Gasteiger charge is 2.31. The molecule has 2 N–H and O–H groups in total. The first-order chi connectivity index (χ1) is 11.1. The molecule has 1 fully saturated rings. The van der Waals surface area contributed by atoms with Crippen molar-refractivity contribution in [3.05, 3.63) is 12.7 Å². The topological polar surface area (TPSA) is 75.6 Å². The van der Waals surface area contributed by atoms with Crippen molar-refractivity contribution in [2.45, 2.75) is 76.7 Å². The molecule has 0 spiro atoms. The lowest BCUT2D eigenvalue weighted by Gasteiger charge is -2.27. The minimum atomic E-state index is -0.962. The maximum atomic E-state index is 11.8. The van der Waals surface area contributed by atoms with Gasteiger partial charge in [-0.2, -0.15) is 0 Å². The third-order valence-corrected chi connectivity index (χ3v) is 4.45. The van der Waals surface area contributed by atoms with Gasteiger partial charge in [-0.05, 0) is 38.0 Å². The van der Waals surface area contributed by atoms with E-state index in [1.807, 2.05) is 6.08 Å². The number of allylic oxidation sites excluding steroid dienone is 1. The van der Waals surface area contributed by atoms with Gasteiger partial charge in [0.05, 0.1) is 6.61 Å². The average molecular weight is 325 g/mol. The van der Waals surface area contributed by atoms with Crippen LogP contribution in [0.15, 0.2) is 12.7 Å². The Morgan fingerprint density at radius 1 is 1.13 bits per heavy atom. The summed E-state index contributed by atoms with van der Waals surface area (Å²) in [6, 6.07) is -0.818. The van der Waals surface area contributed by atoms with Crippen molar-refractivity contribution >= 4 is 12.1 Å². The van der Waals surface area contributed by atoms with Crippen molar-refractivity contribution in [2.75, 3.05) is 6.61 Å². The van der Waals surface area contributed by atoms with E-state index >= 15 is 0 Å². The molecule has 0 aromatic rings. The maximum Gasteiger partial charge on any atom is 0.407 e. The number of alkyl carbamates (subject to hydrolysis) is 1. The van der Waals surface area contributed by atoms with Crippen molar-refractivity contribution in [3.63, 3.8) is 0 Å². The van der Waals surface area contributed by atoms with Crippen LogP contribution in [0.2, 0.25) is 0 Å². The predicted molar refractivity (Wildman–Crippen MR) is 90.4 cm³/mol. The van der Waals surface area contributed by atoms with Crippen LogP contribution in [0, 0.1) is 5.92 Å². The Bertz CT molecular complexity index is 364. The lowest BCUT2D eigenvalue weighted by Crippen LogP contribution is -2.46. The summed E-state index contributed by atoms with van der Waals surface area (Å²) in [5.41, 5.74) is 0. The van der Waals surface area contributed by atoms with Crippen LogP contribution in [0.5, 0.6) is 0 Å². The van der Waals surface area contributed by atoms with Crippen molar-refractivity contribution in [1.82, 2.24) is 5.32 Å². The van der Waals surface area contributed by atoms with Crippen LogP contribution in [0.4, 0.5) is 4.79 Å². The summed E-state index contributed by atoms with van der Waals surface area (Å²) in [7, 11) is 0. The molecular formula is C18H31NO4. The normalized spacial score (nSPS) is 16.5. The molecule has 0 saturated heterocycles. The van der Waals surface area contributed by atoms with Gasteiger partial charge in [-0.25, -0.2) is 9.59 Å². The number of hydrogen-bond acceptors (Lipinski definition) is 3. The number of carboxylic acids is 1. The summed E-state index contributed by atoms with van der Waals surface area (Å²) < 4.78 is 5.11. The van der Waals surface area contributed by atoms with Crippen LogP contribution in [-0.2, 0) is 9.53 Å². The number of carboxylic acid groups (broad SMARTS) is 1. The molecule has 0 radical (unpaired) electrons. The fourth-order valence-corrected chi connectivity index (χ4v) is 3.10. The molecule has 0 aliphatic heterocycles. The second kappa shape index (κ2) is 12.0. The second-order valence-electron chi connectivity index (χ2n) is 6.34. The molecule has 1 atom stereocenters. The van der Waals surface area contributed by atoms with Gasteiger partial charge in [0.15, 0.2) is 0 Å². The predicted octanol–water partition coefficient (Wildman–Crippen LogP) is 4.27. The lowest BCUT2D eigenvalue weighted by molar-refractivity contribution is -0.141. The third kappa shape index (κ3) is 8.62. The molecule has 0 heterocycles. The number of unbranched alkanes of at least 4 members (excludes halogenated alkanes) is 5. The number of ether oxygens (including phenoxy) is 1. The van der Waals surface area contributed by atoms with Gasteiger partial charge in [-0.1, -0.05) is 44.6 Å². The van der Waals surface area contributed by atoms with E-state index in [4.69, 9.17) is 4.74 Å². The summed E-state index contributed by atoms with van der Waals surface area (Å²) in [4.78, 5) is 23.1. The van der Waals surface area contributed by atoms with Crippen molar-refractivity contribution in [2.24, 2.45) is 5.92 Å². The first kappa shape index (κ1) is 19.5. The van der Waals surface area contributed by atoms with Gasteiger partial charge >= 0.3 is 12.1 Å². The number of carbonyl (C=O) groups excluding carboxylic acids is 1. The first-order valence-electron chi connectivity index (χ1n) is 8.92. The van der Waals surface area contributed by atoms with Gasteiger partial charge in [-0.3, -0.25) is 0 Å². The zero-order chi connectivity index (χ0) is 16.9. The summed E-state index contributed by atoms with van der Waals surface area (Å²) in [5, 5.41) is 11.8. The molecule has 0 bridgehead atoms. The number of nitrogens with one attached hydrogen (secondary N) is 1. The van der Waals surface area contributed by atoms with Gasteiger partial charge in [0.1, 0.15) is 6.04 Å². The van der Waals surface area contributed by atoms with E-state index in [1.54, 1.807) is 0 Å². The number of hydrogen-bond donors (Lipinski definition) is 2. The highest BCUT2D eigenvalue weighted by atomic mass is 16.5. The average Bonchev–Trinajstić information content (AvgIpc) is 2.55. The Balaban J connectivity index is 2.15. The van der Waals surface area contributed by atoms with E-state index in [1.165, 1.54) is 6.42 Å². The fourth-order valence-electron chi connectivity index (χ4n) is 3.10. The van der Waals surface area contributed by atoms with Gasteiger partial charge < -0.3 is 15.2 Å². The largest absolute Gasteiger partial charge is 0.480 e. The molecule has 1 rings (SSSR count). The summed E-state index contributed by atoms with van der Waals surface area (Å²) in [6.45, 7) is 4.04. The standard InChI is InChI=1S/C18H31NO4/c1-2-3-4-5-6-7-11-14-23-18(22)19-16(17(20)21)15-12-9-8-10-13-15/h2,15-16H,1,3-14H2,(H,19,22)(H,20,21). The van der Waals surface area contributed by atoms with Crippen molar-refractivity contribution < 1.29 is 19.4 Å². The Labute approximate surface area is 139 Å². The smallest absolute Gasteiger partial charge is 0.407 e. The maximum absolute atomic E-state index is 11.8. The SMILES string of the molecule is C=CCCCCCCCOC(=O)NC(C(=O)O)C1CCCCC1. The Hall–Kier alpha value is -1.52. The molecule has 23 heavy (non-hydrogen) atoms. The van der Waals surface area contributed by atoms with Gasteiger partial charge in [-0.15, -0.1) is 6.58 Å². The van der Waals surface area contributed by atoms with E-state index in [0.29, 0.717) is 6.61 Å². The third-order valence-electron chi connectivity index (χ3n) is 4.45. The van der Waals surface area contributed by atoms with Crippen LogP contribution in [-0.4, -0.2) is 29.8 Å². The summed E-state index contributed by atoms with van der Waals surface area (Å²) >= 11 is 0. The Morgan fingerprint density at radius 3 is 2.43 bits per heavy atom. The summed E-state index contributed by atoms with van der Waals surface area (Å²) in [5.74, 6) is -0.935. The minimum absolute atomic E-state index is 0.0265. The lowest BCUT2D eigenvalue weighted by atomic mass is 9.84. The second-order valence-corrected chi connectivity index (χ2v) is 6.34. The number of carbonyl (C=O) groups is 2. The van der Waals surface area contributed by atoms with Crippen LogP contribution < -0.4 is 5.32 Å². The zero-order valence-corrected chi connectivity index (χ0v) is 14.1. The molecule has 0 aromatic carbocycles. The van der Waals surface area contributed by atoms with Gasteiger partial charge in [0.2, 0.25) is 0 Å². The molecular weight excluding hydrogens is 294 g/mol. The molecule has 0 aromatic heterocycles. The Morgan fingerprint density at radius 2 is 1.78 bits per heavy atom. The van der Waals surface area contributed by atoms with Crippen LogP contribution >= 0.6 is 0 Å². The highest BCUT2D eigenvalue weighted by molar-refractivity contribution is 5.80.